The standard InChI is InChI=1S/C16H20N4O2S/c1-11-4-3-7-20(8-11)9-12-10-23-16(18-12)19-15(22)13-5-2-6-17-14(13)21/h2,5-6,10-11H,3-4,7-9H2,1H3,(H,17,21)(H,18,19,22)/t11-/m1/s1. The second kappa shape index (κ2) is 7.06. The molecule has 7 heteroatoms. The van der Waals surface area contributed by atoms with Gasteiger partial charge < -0.3 is 4.98 Å². The number of carbonyl (C=O) groups excluding carboxylic acids is 1. The third-order valence-electron chi connectivity index (χ3n) is 3.96. The van der Waals surface area contributed by atoms with Gasteiger partial charge in [-0.15, -0.1) is 11.3 Å². The third-order valence-corrected chi connectivity index (χ3v) is 4.77. The lowest BCUT2D eigenvalue weighted by molar-refractivity contribution is 0.102. The summed E-state index contributed by atoms with van der Waals surface area (Å²) in [4.78, 5) is 33.1. The molecule has 23 heavy (non-hydrogen) atoms. The first kappa shape index (κ1) is 15.9. The summed E-state index contributed by atoms with van der Waals surface area (Å²) >= 11 is 1.39. The van der Waals surface area contributed by atoms with E-state index in [1.54, 1.807) is 6.07 Å². The summed E-state index contributed by atoms with van der Waals surface area (Å²) in [6.45, 7) is 5.28. The molecule has 0 aromatic carbocycles. The quantitative estimate of drug-likeness (QED) is 0.901. The first-order valence-corrected chi connectivity index (χ1v) is 8.65. The number of piperidine rings is 1. The zero-order valence-electron chi connectivity index (χ0n) is 13.0. The Morgan fingerprint density at radius 1 is 1.57 bits per heavy atom. The monoisotopic (exact) mass is 332 g/mol. The van der Waals surface area contributed by atoms with Crippen LogP contribution in [-0.4, -0.2) is 33.9 Å². The molecule has 0 spiro atoms. The molecule has 2 N–H and O–H groups in total. The van der Waals surface area contributed by atoms with Gasteiger partial charge in [0.2, 0.25) is 0 Å². The number of hydrogen-bond donors (Lipinski definition) is 2. The lowest BCUT2D eigenvalue weighted by atomic mass is 10.0. The second-order valence-corrected chi connectivity index (χ2v) is 6.85. The topological polar surface area (TPSA) is 78.1 Å². The van der Waals surface area contributed by atoms with Gasteiger partial charge in [-0.05, 0) is 37.4 Å². The van der Waals surface area contributed by atoms with Crippen LogP contribution in [0.25, 0.3) is 0 Å². The van der Waals surface area contributed by atoms with Crippen LogP contribution in [0.1, 0.15) is 35.8 Å². The SMILES string of the molecule is C[C@@H]1CCCN(Cc2csc(NC(=O)c3ccc[nH]c3=O)n2)C1. The fourth-order valence-electron chi connectivity index (χ4n) is 2.86. The van der Waals surface area contributed by atoms with Gasteiger partial charge in [0, 0.05) is 24.7 Å². The molecule has 0 radical (unpaired) electrons. The number of aromatic amines is 1. The molecule has 2 aromatic rings. The smallest absolute Gasteiger partial charge is 0.263 e. The predicted octanol–water partition coefficient (Wildman–Crippen LogP) is 2.32. The van der Waals surface area contributed by atoms with Gasteiger partial charge in [-0.2, -0.15) is 0 Å². The summed E-state index contributed by atoms with van der Waals surface area (Å²) < 4.78 is 0. The summed E-state index contributed by atoms with van der Waals surface area (Å²) in [5, 5.41) is 5.18. The highest BCUT2D eigenvalue weighted by atomic mass is 32.1. The van der Waals surface area contributed by atoms with E-state index in [0.29, 0.717) is 5.13 Å². The van der Waals surface area contributed by atoms with Gasteiger partial charge in [0.15, 0.2) is 5.13 Å². The van der Waals surface area contributed by atoms with Crippen LogP contribution in [0.5, 0.6) is 0 Å². The van der Waals surface area contributed by atoms with Gasteiger partial charge in [0.25, 0.3) is 11.5 Å². The van der Waals surface area contributed by atoms with Crippen LogP contribution in [0.4, 0.5) is 5.13 Å². The maximum Gasteiger partial charge on any atom is 0.263 e. The number of pyridine rings is 1. The molecule has 1 saturated heterocycles. The van der Waals surface area contributed by atoms with Crippen molar-refractivity contribution in [2.75, 3.05) is 18.4 Å². The van der Waals surface area contributed by atoms with E-state index in [2.05, 4.69) is 27.1 Å². The van der Waals surface area contributed by atoms with Crippen LogP contribution >= 0.6 is 11.3 Å². The molecule has 0 aliphatic carbocycles. The summed E-state index contributed by atoms with van der Waals surface area (Å²) in [6, 6.07) is 3.12. The molecule has 3 rings (SSSR count). The van der Waals surface area contributed by atoms with E-state index in [9.17, 15) is 9.59 Å². The first-order valence-electron chi connectivity index (χ1n) is 7.77. The molecule has 1 atom stereocenters. The van der Waals surface area contributed by atoms with Gasteiger partial charge >= 0.3 is 0 Å². The lowest BCUT2D eigenvalue weighted by Crippen LogP contribution is -2.33. The molecule has 0 saturated carbocycles. The van der Waals surface area contributed by atoms with Crippen LogP contribution in [-0.2, 0) is 6.54 Å². The van der Waals surface area contributed by atoms with E-state index in [1.165, 1.54) is 36.4 Å². The molecule has 1 aliphatic rings. The van der Waals surface area contributed by atoms with Crippen molar-refractivity contribution in [2.45, 2.75) is 26.3 Å². The number of hydrogen-bond acceptors (Lipinski definition) is 5. The molecule has 2 aromatic heterocycles. The average Bonchev–Trinajstić information content (AvgIpc) is 2.94. The number of nitrogens with one attached hydrogen (secondary N) is 2. The number of anilines is 1. The van der Waals surface area contributed by atoms with Crippen molar-refractivity contribution in [3.63, 3.8) is 0 Å². The summed E-state index contributed by atoms with van der Waals surface area (Å²) in [6.07, 6.45) is 4.02. The van der Waals surface area contributed by atoms with Gasteiger partial charge in [-0.25, -0.2) is 4.98 Å². The second-order valence-electron chi connectivity index (χ2n) is 5.99. The van der Waals surface area contributed by atoms with E-state index in [4.69, 9.17) is 0 Å². The van der Waals surface area contributed by atoms with Crippen LogP contribution in [0.3, 0.4) is 0 Å². The Bertz CT molecular complexity index is 739. The Labute approximate surface area is 138 Å². The highest BCUT2D eigenvalue weighted by Crippen LogP contribution is 2.21. The Kier molecular flexibility index (Phi) is 4.88. The number of H-pyrrole nitrogens is 1. The molecule has 0 bridgehead atoms. The van der Waals surface area contributed by atoms with Crippen molar-refractivity contribution in [3.05, 3.63) is 45.3 Å². The van der Waals surface area contributed by atoms with E-state index in [-0.39, 0.29) is 5.56 Å². The van der Waals surface area contributed by atoms with E-state index in [1.807, 2.05) is 5.38 Å². The molecule has 3 heterocycles. The van der Waals surface area contributed by atoms with Crippen LogP contribution in [0.2, 0.25) is 0 Å². The predicted molar refractivity (Wildman–Crippen MR) is 90.8 cm³/mol. The number of amides is 1. The Morgan fingerprint density at radius 3 is 3.22 bits per heavy atom. The zero-order chi connectivity index (χ0) is 16.2. The number of aromatic nitrogens is 2. The molecule has 1 aliphatic heterocycles. The molecular formula is C16H20N4O2S. The lowest BCUT2D eigenvalue weighted by Gasteiger charge is -2.30. The molecule has 1 fully saturated rings. The third kappa shape index (κ3) is 4.05. The number of carbonyl (C=O) groups is 1. The minimum Gasteiger partial charge on any atom is -0.328 e. The van der Waals surface area contributed by atoms with Crippen molar-refractivity contribution in [3.8, 4) is 0 Å². The van der Waals surface area contributed by atoms with Gasteiger partial charge in [-0.1, -0.05) is 6.92 Å². The van der Waals surface area contributed by atoms with Gasteiger partial charge in [0.05, 0.1) is 5.69 Å². The Balaban J connectivity index is 1.62. The van der Waals surface area contributed by atoms with Crippen molar-refractivity contribution in [1.82, 2.24) is 14.9 Å². The molecular weight excluding hydrogens is 312 g/mol. The average molecular weight is 332 g/mol. The number of thiazole rings is 1. The van der Waals surface area contributed by atoms with Crippen LogP contribution < -0.4 is 10.9 Å². The normalized spacial score (nSPS) is 18.7. The zero-order valence-corrected chi connectivity index (χ0v) is 13.9. The van der Waals surface area contributed by atoms with Crippen LogP contribution in [0.15, 0.2) is 28.5 Å². The minimum absolute atomic E-state index is 0.0918. The van der Waals surface area contributed by atoms with Crippen molar-refractivity contribution < 1.29 is 4.79 Å². The molecule has 122 valence electrons. The summed E-state index contributed by atoms with van der Waals surface area (Å²) in [5.41, 5.74) is 0.652. The summed E-state index contributed by atoms with van der Waals surface area (Å²) in [5.74, 6) is 0.297. The largest absolute Gasteiger partial charge is 0.328 e. The highest BCUT2D eigenvalue weighted by molar-refractivity contribution is 7.13. The van der Waals surface area contributed by atoms with Gasteiger partial charge in [0.1, 0.15) is 5.56 Å². The first-order chi connectivity index (χ1) is 11.1. The Morgan fingerprint density at radius 2 is 2.43 bits per heavy atom. The Hall–Kier alpha value is -1.99. The van der Waals surface area contributed by atoms with Crippen molar-refractivity contribution >= 4 is 22.4 Å². The maximum atomic E-state index is 12.1. The number of likely N-dealkylation sites (tertiary alicyclic amines) is 1. The molecule has 1 amide bonds. The number of nitrogens with zero attached hydrogens (tertiary/aromatic N) is 2. The van der Waals surface area contributed by atoms with Gasteiger partial charge in [-0.3, -0.25) is 19.8 Å². The highest BCUT2D eigenvalue weighted by Gasteiger charge is 2.18. The fraction of sp³-hybridized carbons (Fsp3) is 0.438. The molecule has 0 unspecified atom stereocenters. The fourth-order valence-corrected chi connectivity index (χ4v) is 3.56. The van der Waals surface area contributed by atoms with E-state index in [0.717, 1.165) is 31.2 Å². The van der Waals surface area contributed by atoms with Crippen LogP contribution in [0, 0.1) is 5.92 Å². The molecule has 6 nitrogen and oxygen atoms in total. The van der Waals surface area contributed by atoms with E-state index >= 15 is 0 Å². The van der Waals surface area contributed by atoms with Crippen molar-refractivity contribution in [1.29, 1.82) is 0 Å². The van der Waals surface area contributed by atoms with E-state index < -0.39 is 11.5 Å². The number of rotatable bonds is 4. The van der Waals surface area contributed by atoms with Crippen molar-refractivity contribution in [2.24, 2.45) is 5.92 Å². The maximum absolute atomic E-state index is 12.1. The summed E-state index contributed by atoms with van der Waals surface area (Å²) in [7, 11) is 0. The minimum atomic E-state index is -0.431.